The molecule has 0 aromatic heterocycles. The minimum Gasteiger partial charge on any atom is -0.378 e. The highest BCUT2D eigenvalue weighted by Crippen LogP contribution is 2.33. The van der Waals surface area contributed by atoms with Gasteiger partial charge in [-0.2, -0.15) is 0 Å². The molecule has 1 aromatic rings. The highest BCUT2D eigenvalue weighted by atomic mass is 35.5. The highest BCUT2D eigenvalue weighted by Gasteiger charge is 2.19. The molecule has 0 unspecified atom stereocenters. The smallest absolute Gasteiger partial charge is 0.0662 e. The van der Waals surface area contributed by atoms with Crippen molar-refractivity contribution >= 4 is 34.8 Å². The van der Waals surface area contributed by atoms with E-state index in [-0.39, 0.29) is 6.04 Å². The van der Waals surface area contributed by atoms with Crippen molar-refractivity contribution in [2.75, 3.05) is 19.8 Å². The van der Waals surface area contributed by atoms with E-state index in [1.165, 1.54) is 0 Å². The number of morpholine rings is 1. The van der Waals surface area contributed by atoms with Crippen LogP contribution >= 0.6 is 34.8 Å². The number of halogens is 3. The summed E-state index contributed by atoms with van der Waals surface area (Å²) in [5.41, 5.74) is 0.897. The lowest BCUT2D eigenvalue weighted by molar-refractivity contribution is 0.0769. The summed E-state index contributed by atoms with van der Waals surface area (Å²) in [6, 6.07) is 3.53. The van der Waals surface area contributed by atoms with Crippen molar-refractivity contribution in [3.8, 4) is 0 Å². The Morgan fingerprint density at radius 2 is 2.07 bits per heavy atom. The summed E-state index contributed by atoms with van der Waals surface area (Å²) >= 11 is 18.0. The number of ether oxygens (including phenoxy) is 1. The van der Waals surface area contributed by atoms with Crippen molar-refractivity contribution in [2.45, 2.75) is 6.04 Å². The van der Waals surface area contributed by atoms with E-state index in [1.807, 2.05) is 6.07 Å². The Balaban J connectivity index is 2.33. The van der Waals surface area contributed by atoms with Crippen molar-refractivity contribution in [1.82, 2.24) is 5.32 Å². The van der Waals surface area contributed by atoms with E-state index in [9.17, 15) is 0 Å². The van der Waals surface area contributed by atoms with Crippen LogP contribution in [0, 0.1) is 0 Å². The Kier molecular flexibility index (Phi) is 3.75. The van der Waals surface area contributed by atoms with Crippen molar-refractivity contribution in [3.63, 3.8) is 0 Å². The molecule has 2 rings (SSSR count). The first-order valence-corrected chi connectivity index (χ1v) is 5.77. The van der Waals surface area contributed by atoms with Crippen LogP contribution in [0.5, 0.6) is 0 Å². The molecule has 1 fully saturated rings. The molecule has 1 saturated heterocycles. The summed E-state index contributed by atoms with van der Waals surface area (Å²) in [6.07, 6.45) is 0. The third-order valence-corrected chi connectivity index (χ3v) is 3.35. The zero-order valence-corrected chi connectivity index (χ0v) is 10.2. The number of benzene rings is 1. The SMILES string of the molecule is Clc1cc(Cl)c(Cl)c([C@@H]2COCCN2)c1. The van der Waals surface area contributed by atoms with Crippen molar-refractivity contribution in [3.05, 3.63) is 32.8 Å². The maximum absolute atomic E-state index is 6.11. The fraction of sp³-hybridized carbons (Fsp3) is 0.400. The molecule has 1 heterocycles. The Hall–Kier alpha value is 0.01000. The Morgan fingerprint density at radius 1 is 1.27 bits per heavy atom. The lowest BCUT2D eigenvalue weighted by Gasteiger charge is -2.25. The molecule has 0 amide bonds. The van der Waals surface area contributed by atoms with Gasteiger partial charge in [-0.25, -0.2) is 0 Å². The molecule has 2 nitrogen and oxygen atoms in total. The van der Waals surface area contributed by atoms with Crippen LogP contribution in [0.2, 0.25) is 15.1 Å². The van der Waals surface area contributed by atoms with Crippen LogP contribution in [0.1, 0.15) is 11.6 Å². The molecule has 1 aliphatic heterocycles. The predicted octanol–water partition coefficient (Wildman–Crippen LogP) is 3.31. The Bertz CT molecular complexity index is 364. The normalized spacial score (nSPS) is 21.7. The van der Waals surface area contributed by atoms with Crippen LogP contribution in [0.25, 0.3) is 0 Å². The van der Waals surface area contributed by atoms with Gasteiger partial charge in [0, 0.05) is 11.6 Å². The summed E-state index contributed by atoms with van der Waals surface area (Å²) in [6.45, 7) is 2.13. The third-order valence-electron chi connectivity index (χ3n) is 2.32. The van der Waals surface area contributed by atoms with E-state index in [0.29, 0.717) is 21.7 Å². The molecule has 82 valence electrons. The zero-order valence-electron chi connectivity index (χ0n) is 7.90. The van der Waals surface area contributed by atoms with E-state index < -0.39 is 0 Å². The van der Waals surface area contributed by atoms with Gasteiger partial charge >= 0.3 is 0 Å². The maximum Gasteiger partial charge on any atom is 0.0662 e. The van der Waals surface area contributed by atoms with Gasteiger partial charge in [0.1, 0.15) is 0 Å². The van der Waals surface area contributed by atoms with Crippen LogP contribution in [0.15, 0.2) is 12.1 Å². The zero-order chi connectivity index (χ0) is 10.8. The minimum absolute atomic E-state index is 0.0717. The quantitative estimate of drug-likeness (QED) is 0.788. The van der Waals surface area contributed by atoms with Gasteiger partial charge in [-0.3, -0.25) is 0 Å². The number of nitrogens with one attached hydrogen (secondary N) is 1. The van der Waals surface area contributed by atoms with Gasteiger partial charge in [0.05, 0.1) is 29.3 Å². The van der Waals surface area contributed by atoms with Crippen LogP contribution < -0.4 is 5.32 Å². The summed E-state index contributed by atoms with van der Waals surface area (Å²) in [5.74, 6) is 0. The monoisotopic (exact) mass is 265 g/mol. The number of hydrogen-bond acceptors (Lipinski definition) is 2. The third kappa shape index (κ3) is 2.58. The largest absolute Gasteiger partial charge is 0.378 e. The average molecular weight is 267 g/mol. The van der Waals surface area contributed by atoms with Crippen molar-refractivity contribution < 1.29 is 4.74 Å². The van der Waals surface area contributed by atoms with Crippen molar-refractivity contribution in [2.24, 2.45) is 0 Å². The summed E-state index contributed by atoms with van der Waals surface area (Å²) in [4.78, 5) is 0. The molecule has 15 heavy (non-hydrogen) atoms. The first-order chi connectivity index (χ1) is 7.18. The minimum atomic E-state index is 0.0717. The van der Waals surface area contributed by atoms with Gasteiger partial charge in [-0.05, 0) is 17.7 Å². The van der Waals surface area contributed by atoms with Crippen molar-refractivity contribution in [1.29, 1.82) is 0 Å². The van der Waals surface area contributed by atoms with E-state index in [1.54, 1.807) is 6.07 Å². The second-order valence-electron chi connectivity index (χ2n) is 3.37. The van der Waals surface area contributed by atoms with Crippen LogP contribution in [-0.2, 0) is 4.74 Å². The molecule has 1 aromatic carbocycles. The van der Waals surface area contributed by atoms with E-state index in [0.717, 1.165) is 18.7 Å². The fourth-order valence-corrected chi connectivity index (χ4v) is 2.34. The van der Waals surface area contributed by atoms with Gasteiger partial charge in [0.2, 0.25) is 0 Å². The van der Waals surface area contributed by atoms with Gasteiger partial charge in [0.25, 0.3) is 0 Å². The molecule has 1 N–H and O–H groups in total. The average Bonchev–Trinajstić information content (AvgIpc) is 2.24. The summed E-state index contributed by atoms with van der Waals surface area (Å²) in [7, 11) is 0. The molecule has 1 aliphatic rings. The van der Waals surface area contributed by atoms with Gasteiger partial charge in [-0.15, -0.1) is 0 Å². The van der Waals surface area contributed by atoms with E-state index in [4.69, 9.17) is 39.5 Å². The van der Waals surface area contributed by atoms with Crippen LogP contribution in [-0.4, -0.2) is 19.8 Å². The Labute approximate surface area is 103 Å². The predicted molar refractivity (Wildman–Crippen MR) is 63.0 cm³/mol. The van der Waals surface area contributed by atoms with Crippen LogP contribution in [0.3, 0.4) is 0 Å². The van der Waals surface area contributed by atoms with Gasteiger partial charge in [-0.1, -0.05) is 34.8 Å². The van der Waals surface area contributed by atoms with Crippen LogP contribution in [0.4, 0.5) is 0 Å². The molecule has 0 bridgehead atoms. The standard InChI is InChI=1S/C10H10Cl3NO/c11-6-3-7(10(13)8(12)4-6)9-5-15-2-1-14-9/h3-4,9,14H,1-2,5H2/t9-/m0/s1. The summed E-state index contributed by atoms with van der Waals surface area (Å²) < 4.78 is 5.36. The lowest BCUT2D eigenvalue weighted by Crippen LogP contribution is -2.34. The molecule has 0 saturated carbocycles. The second kappa shape index (κ2) is 4.89. The molecular formula is C10H10Cl3NO. The first-order valence-electron chi connectivity index (χ1n) is 4.64. The topological polar surface area (TPSA) is 21.3 Å². The maximum atomic E-state index is 6.11. The van der Waals surface area contributed by atoms with E-state index in [2.05, 4.69) is 5.32 Å². The molecular weight excluding hydrogens is 256 g/mol. The second-order valence-corrected chi connectivity index (χ2v) is 4.59. The van der Waals surface area contributed by atoms with Gasteiger partial charge < -0.3 is 10.1 Å². The molecule has 0 radical (unpaired) electrons. The highest BCUT2D eigenvalue weighted by molar-refractivity contribution is 6.43. The summed E-state index contributed by atoms with van der Waals surface area (Å²) in [5, 5.41) is 4.92. The molecule has 0 aliphatic carbocycles. The lowest BCUT2D eigenvalue weighted by atomic mass is 10.1. The number of rotatable bonds is 1. The number of hydrogen-bond donors (Lipinski definition) is 1. The molecule has 5 heteroatoms. The van der Waals surface area contributed by atoms with E-state index >= 15 is 0 Å². The molecule has 1 atom stereocenters. The van der Waals surface area contributed by atoms with Gasteiger partial charge in [0.15, 0.2) is 0 Å². The Morgan fingerprint density at radius 3 is 2.73 bits per heavy atom. The first kappa shape index (κ1) is 11.5. The molecule has 0 spiro atoms. The fourth-order valence-electron chi connectivity index (χ4n) is 1.59.